The van der Waals surface area contributed by atoms with Gasteiger partial charge in [0.05, 0.1) is 24.6 Å². The molecule has 1 unspecified atom stereocenters. The molecule has 1 atom stereocenters. The Kier molecular flexibility index (Phi) is 5.81. The third kappa shape index (κ3) is 4.37. The number of carbonyl (C=O) groups is 3. The van der Waals surface area contributed by atoms with Gasteiger partial charge in [-0.15, -0.1) is 0 Å². The van der Waals surface area contributed by atoms with Gasteiger partial charge in [0.25, 0.3) is 0 Å². The van der Waals surface area contributed by atoms with Gasteiger partial charge in [0.15, 0.2) is 0 Å². The molecule has 1 aromatic rings. The molecule has 0 spiro atoms. The van der Waals surface area contributed by atoms with Crippen molar-refractivity contribution in [1.82, 2.24) is 19.6 Å². The van der Waals surface area contributed by atoms with Gasteiger partial charge in [-0.05, 0) is 26.7 Å². The van der Waals surface area contributed by atoms with Crippen molar-refractivity contribution in [2.24, 2.45) is 13.0 Å². The van der Waals surface area contributed by atoms with Gasteiger partial charge < -0.3 is 14.9 Å². The number of aryl methyl sites for hydroxylation is 2. The first-order valence-electron chi connectivity index (χ1n) is 8.44. The number of likely N-dealkylation sites (tertiary alicyclic amines) is 1. The Bertz CT molecular complexity index is 682. The van der Waals surface area contributed by atoms with Gasteiger partial charge in [-0.1, -0.05) is 0 Å². The predicted octanol–water partition coefficient (Wildman–Crippen LogP) is 0.361. The number of nitrogens with zero attached hydrogens (tertiary/aromatic N) is 4. The quantitative estimate of drug-likeness (QED) is 0.827. The molecule has 0 radical (unpaired) electrons. The van der Waals surface area contributed by atoms with E-state index in [1.807, 2.05) is 20.9 Å². The van der Waals surface area contributed by atoms with Crippen molar-refractivity contribution < 1.29 is 19.5 Å². The molecule has 138 valence electrons. The average molecular weight is 350 g/mol. The summed E-state index contributed by atoms with van der Waals surface area (Å²) in [7, 11) is 3.43. The summed E-state index contributed by atoms with van der Waals surface area (Å²) in [5.74, 6) is -1.75. The number of carbonyl (C=O) groups excluding carboxylic acids is 2. The van der Waals surface area contributed by atoms with Gasteiger partial charge in [0.2, 0.25) is 11.8 Å². The van der Waals surface area contributed by atoms with Gasteiger partial charge in [-0.3, -0.25) is 19.1 Å². The molecule has 0 aliphatic carbocycles. The molecular weight excluding hydrogens is 324 g/mol. The molecule has 1 aliphatic heterocycles. The van der Waals surface area contributed by atoms with Crippen molar-refractivity contribution in [1.29, 1.82) is 0 Å². The number of carboxylic acids is 1. The number of rotatable bonds is 5. The highest BCUT2D eigenvalue weighted by molar-refractivity contribution is 5.86. The maximum atomic E-state index is 12.4. The molecule has 8 heteroatoms. The molecule has 0 saturated carbocycles. The summed E-state index contributed by atoms with van der Waals surface area (Å²) in [6.07, 6.45) is 1.47. The molecule has 1 fully saturated rings. The molecule has 2 heterocycles. The molecule has 1 N–H and O–H groups in total. The predicted molar refractivity (Wildman–Crippen MR) is 91.0 cm³/mol. The second-order valence-electron chi connectivity index (χ2n) is 6.72. The van der Waals surface area contributed by atoms with Crippen LogP contribution in [0.1, 0.15) is 29.8 Å². The summed E-state index contributed by atoms with van der Waals surface area (Å²) >= 11 is 0. The summed E-state index contributed by atoms with van der Waals surface area (Å²) in [6, 6.07) is 0. The maximum absolute atomic E-state index is 12.4. The summed E-state index contributed by atoms with van der Waals surface area (Å²) in [5, 5.41) is 13.4. The SMILES string of the molecule is Cc1nn(C)c(C)c1CC(=O)N(C)CC(=O)N1CCCC(C(=O)O)C1. The van der Waals surface area contributed by atoms with Gasteiger partial charge in [0.1, 0.15) is 0 Å². The summed E-state index contributed by atoms with van der Waals surface area (Å²) < 4.78 is 1.74. The average Bonchev–Trinajstić information content (AvgIpc) is 2.81. The number of likely N-dealkylation sites (N-methyl/N-ethyl adjacent to an activating group) is 1. The third-order valence-electron chi connectivity index (χ3n) is 4.91. The summed E-state index contributed by atoms with van der Waals surface area (Å²) in [5.41, 5.74) is 2.63. The standard InChI is InChI=1S/C17H26N4O4/c1-11-14(12(2)20(4)18-11)8-15(22)19(3)10-16(23)21-7-5-6-13(9-21)17(24)25/h13H,5-10H2,1-4H3,(H,24,25). The van der Waals surface area contributed by atoms with E-state index in [1.54, 1.807) is 16.6 Å². The lowest BCUT2D eigenvalue weighted by molar-refractivity contribution is -0.147. The zero-order valence-corrected chi connectivity index (χ0v) is 15.3. The fraction of sp³-hybridized carbons (Fsp3) is 0.647. The van der Waals surface area contributed by atoms with E-state index in [9.17, 15) is 14.4 Å². The van der Waals surface area contributed by atoms with Crippen LogP contribution in [0.2, 0.25) is 0 Å². The van der Waals surface area contributed by atoms with E-state index < -0.39 is 11.9 Å². The zero-order chi connectivity index (χ0) is 18.7. The zero-order valence-electron chi connectivity index (χ0n) is 15.3. The Balaban J connectivity index is 1.94. The van der Waals surface area contributed by atoms with Gasteiger partial charge in [-0.2, -0.15) is 5.10 Å². The van der Waals surface area contributed by atoms with E-state index in [4.69, 9.17) is 5.11 Å². The number of hydrogen-bond acceptors (Lipinski definition) is 4. The molecule has 1 saturated heterocycles. The van der Waals surface area contributed by atoms with Crippen molar-refractivity contribution in [3.63, 3.8) is 0 Å². The van der Waals surface area contributed by atoms with E-state index in [-0.39, 0.29) is 31.3 Å². The van der Waals surface area contributed by atoms with E-state index in [1.165, 1.54) is 4.90 Å². The summed E-state index contributed by atoms with van der Waals surface area (Å²) in [6.45, 7) is 4.50. The highest BCUT2D eigenvalue weighted by Crippen LogP contribution is 2.17. The van der Waals surface area contributed by atoms with Gasteiger partial charge in [0, 0.05) is 38.4 Å². The van der Waals surface area contributed by atoms with Crippen molar-refractivity contribution in [3.05, 3.63) is 17.0 Å². The Morgan fingerprint density at radius 1 is 1.32 bits per heavy atom. The van der Waals surface area contributed by atoms with Crippen LogP contribution in [0.25, 0.3) is 0 Å². The first kappa shape index (κ1) is 19.0. The Morgan fingerprint density at radius 3 is 2.56 bits per heavy atom. The van der Waals surface area contributed by atoms with Crippen LogP contribution in [-0.4, -0.2) is 69.2 Å². The Morgan fingerprint density at radius 2 is 2.00 bits per heavy atom. The minimum absolute atomic E-state index is 0.0382. The first-order valence-corrected chi connectivity index (χ1v) is 8.44. The van der Waals surface area contributed by atoms with Crippen LogP contribution >= 0.6 is 0 Å². The van der Waals surface area contributed by atoms with Gasteiger partial charge in [-0.25, -0.2) is 0 Å². The van der Waals surface area contributed by atoms with Crippen LogP contribution in [0.15, 0.2) is 0 Å². The highest BCUT2D eigenvalue weighted by Gasteiger charge is 2.29. The van der Waals surface area contributed by atoms with Crippen LogP contribution < -0.4 is 0 Å². The van der Waals surface area contributed by atoms with Crippen molar-refractivity contribution in [3.8, 4) is 0 Å². The van der Waals surface area contributed by atoms with Crippen LogP contribution in [0.3, 0.4) is 0 Å². The molecular formula is C17H26N4O4. The number of aromatic nitrogens is 2. The normalized spacial score (nSPS) is 17.4. The fourth-order valence-corrected chi connectivity index (χ4v) is 3.16. The topological polar surface area (TPSA) is 95.7 Å². The summed E-state index contributed by atoms with van der Waals surface area (Å²) in [4.78, 5) is 38.9. The Hall–Kier alpha value is -2.38. The molecule has 1 aromatic heterocycles. The minimum Gasteiger partial charge on any atom is -0.481 e. The third-order valence-corrected chi connectivity index (χ3v) is 4.91. The van der Waals surface area contributed by atoms with Crippen LogP contribution in [-0.2, 0) is 27.9 Å². The molecule has 0 bridgehead atoms. The molecule has 1 aliphatic rings. The van der Waals surface area contributed by atoms with E-state index in [0.29, 0.717) is 19.4 Å². The number of carboxylic acid groups (broad SMARTS) is 1. The number of hydrogen-bond donors (Lipinski definition) is 1. The van der Waals surface area contributed by atoms with E-state index in [2.05, 4.69) is 5.10 Å². The molecule has 2 amide bonds. The molecule has 0 aromatic carbocycles. The second kappa shape index (κ2) is 7.67. The number of piperidine rings is 1. The number of aliphatic carboxylic acids is 1. The smallest absolute Gasteiger partial charge is 0.308 e. The van der Waals surface area contributed by atoms with Crippen LogP contribution in [0.4, 0.5) is 0 Å². The largest absolute Gasteiger partial charge is 0.481 e. The highest BCUT2D eigenvalue weighted by atomic mass is 16.4. The van der Waals surface area contributed by atoms with Crippen molar-refractivity contribution >= 4 is 17.8 Å². The van der Waals surface area contributed by atoms with E-state index in [0.717, 1.165) is 17.0 Å². The lowest BCUT2D eigenvalue weighted by atomic mass is 9.98. The van der Waals surface area contributed by atoms with E-state index >= 15 is 0 Å². The molecule has 25 heavy (non-hydrogen) atoms. The fourth-order valence-electron chi connectivity index (χ4n) is 3.16. The minimum atomic E-state index is -0.871. The van der Waals surface area contributed by atoms with Crippen molar-refractivity contribution in [2.75, 3.05) is 26.7 Å². The Labute approximate surface area is 147 Å². The van der Waals surface area contributed by atoms with Crippen molar-refractivity contribution in [2.45, 2.75) is 33.1 Å². The first-order chi connectivity index (χ1) is 11.7. The number of amides is 2. The van der Waals surface area contributed by atoms with Crippen LogP contribution in [0, 0.1) is 19.8 Å². The lowest BCUT2D eigenvalue weighted by Gasteiger charge is -2.32. The lowest BCUT2D eigenvalue weighted by Crippen LogP contribution is -2.47. The molecule has 8 nitrogen and oxygen atoms in total. The van der Waals surface area contributed by atoms with Gasteiger partial charge >= 0.3 is 5.97 Å². The molecule has 2 rings (SSSR count). The maximum Gasteiger partial charge on any atom is 0.308 e. The van der Waals surface area contributed by atoms with Crippen LogP contribution in [0.5, 0.6) is 0 Å². The monoisotopic (exact) mass is 350 g/mol. The second-order valence-corrected chi connectivity index (χ2v) is 6.72.